The van der Waals surface area contributed by atoms with Crippen LogP contribution in [0.25, 0.3) is 0 Å². The van der Waals surface area contributed by atoms with Gasteiger partial charge < -0.3 is 5.32 Å². The third kappa shape index (κ3) is 3.70. The van der Waals surface area contributed by atoms with Crippen LogP contribution in [0.5, 0.6) is 0 Å². The molecule has 0 aliphatic carbocycles. The van der Waals surface area contributed by atoms with Crippen molar-refractivity contribution < 1.29 is 9.59 Å². The monoisotopic (exact) mass is 345 g/mol. The molecule has 0 bridgehead atoms. The summed E-state index contributed by atoms with van der Waals surface area (Å²) in [5.74, 6) is 0.261. The Kier molecular flexibility index (Phi) is 4.75. The van der Waals surface area contributed by atoms with E-state index in [1.807, 2.05) is 0 Å². The van der Waals surface area contributed by atoms with Gasteiger partial charge in [0.2, 0.25) is 5.13 Å². The highest BCUT2D eigenvalue weighted by molar-refractivity contribution is 7.15. The molecule has 1 saturated heterocycles. The van der Waals surface area contributed by atoms with E-state index in [1.54, 1.807) is 29.2 Å². The number of anilines is 2. The number of amides is 3. The molecule has 3 rings (SSSR count). The molecule has 126 valence electrons. The maximum atomic E-state index is 12.3. The van der Waals surface area contributed by atoms with Crippen LogP contribution in [-0.2, 0) is 6.42 Å². The molecular weight excluding hydrogens is 326 g/mol. The average Bonchev–Trinajstić information content (AvgIpc) is 3.16. The van der Waals surface area contributed by atoms with Gasteiger partial charge in [-0.1, -0.05) is 25.2 Å². The first-order valence-electron chi connectivity index (χ1n) is 7.82. The number of carbonyl (C=O) groups is 2. The van der Waals surface area contributed by atoms with E-state index in [0.29, 0.717) is 29.7 Å². The first-order chi connectivity index (χ1) is 11.5. The Hall–Kier alpha value is -2.48. The second kappa shape index (κ2) is 6.96. The van der Waals surface area contributed by atoms with Gasteiger partial charge in [-0.3, -0.25) is 15.0 Å². The first kappa shape index (κ1) is 16.4. The van der Waals surface area contributed by atoms with Gasteiger partial charge in [-0.2, -0.15) is 0 Å². The van der Waals surface area contributed by atoms with Gasteiger partial charge >= 0.3 is 6.03 Å². The summed E-state index contributed by atoms with van der Waals surface area (Å²) in [5, 5.41) is 15.0. The average molecular weight is 345 g/mol. The van der Waals surface area contributed by atoms with Crippen LogP contribution in [0, 0.1) is 5.92 Å². The molecule has 0 spiro atoms. The lowest BCUT2D eigenvalue weighted by Gasteiger charge is -2.14. The van der Waals surface area contributed by atoms with Crippen molar-refractivity contribution in [2.24, 2.45) is 5.92 Å². The third-order valence-electron chi connectivity index (χ3n) is 3.57. The number of urea groups is 1. The van der Waals surface area contributed by atoms with Gasteiger partial charge in [0.15, 0.2) is 0 Å². The van der Waals surface area contributed by atoms with Crippen molar-refractivity contribution in [2.75, 3.05) is 23.3 Å². The Labute approximate surface area is 144 Å². The topological polar surface area (TPSA) is 87.2 Å². The minimum atomic E-state index is -0.236. The lowest BCUT2D eigenvalue weighted by atomic mass is 10.1. The maximum Gasteiger partial charge on any atom is 0.321 e. The number of carbonyl (C=O) groups excluding carboxylic acids is 2. The molecule has 2 heterocycles. The van der Waals surface area contributed by atoms with E-state index in [0.717, 1.165) is 17.1 Å². The molecule has 1 aliphatic heterocycles. The van der Waals surface area contributed by atoms with Gasteiger partial charge in [-0.05, 0) is 30.2 Å². The second-order valence-electron chi connectivity index (χ2n) is 5.98. The minimum absolute atomic E-state index is 0.112. The third-order valence-corrected chi connectivity index (χ3v) is 4.43. The highest BCUT2D eigenvalue weighted by Crippen LogP contribution is 2.20. The summed E-state index contributed by atoms with van der Waals surface area (Å²) in [6, 6.07) is 6.83. The Bertz CT molecular complexity index is 741. The van der Waals surface area contributed by atoms with Crippen LogP contribution in [0.2, 0.25) is 0 Å². The molecule has 8 heteroatoms. The summed E-state index contributed by atoms with van der Waals surface area (Å²) in [6.07, 6.45) is 0.847. The molecule has 1 aliphatic rings. The fourth-order valence-electron chi connectivity index (χ4n) is 2.42. The Morgan fingerprint density at radius 2 is 2.08 bits per heavy atom. The van der Waals surface area contributed by atoms with Crippen molar-refractivity contribution in [3.05, 3.63) is 34.8 Å². The number of hydrogen-bond acceptors (Lipinski definition) is 5. The highest BCUT2D eigenvalue weighted by atomic mass is 32.1. The zero-order valence-electron chi connectivity index (χ0n) is 13.6. The predicted molar refractivity (Wildman–Crippen MR) is 93.6 cm³/mol. The van der Waals surface area contributed by atoms with Crippen LogP contribution in [0.15, 0.2) is 24.3 Å². The van der Waals surface area contributed by atoms with Crippen molar-refractivity contribution in [3.8, 4) is 0 Å². The Morgan fingerprint density at radius 3 is 2.71 bits per heavy atom. The first-order valence-corrected chi connectivity index (χ1v) is 8.64. The molecule has 1 aromatic carbocycles. The maximum absolute atomic E-state index is 12.3. The van der Waals surface area contributed by atoms with Crippen LogP contribution in [0.1, 0.15) is 29.2 Å². The van der Waals surface area contributed by atoms with E-state index in [9.17, 15) is 9.59 Å². The van der Waals surface area contributed by atoms with Gasteiger partial charge in [0.25, 0.3) is 5.91 Å². The largest absolute Gasteiger partial charge is 0.336 e. The van der Waals surface area contributed by atoms with E-state index >= 15 is 0 Å². The van der Waals surface area contributed by atoms with E-state index < -0.39 is 0 Å². The van der Waals surface area contributed by atoms with Crippen molar-refractivity contribution in [2.45, 2.75) is 20.3 Å². The number of nitrogens with one attached hydrogen (secondary N) is 2. The summed E-state index contributed by atoms with van der Waals surface area (Å²) >= 11 is 1.39. The van der Waals surface area contributed by atoms with Crippen LogP contribution in [-0.4, -0.2) is 35.2 Å². The summed E-state index contributed by atoms with van der Waals surface area (Å²) in [7, 11) is 0. The quantitative estimate of drug-likeness (QED) is 0.872. The molecule has 0 atom stereocenters. The van der Waals surface area contributed by atoms with Crippen LogP contribution in [0.3, 0.4) is 0 Å². The van der Waals surface area contributed by atoms with Gasteiger partial charge in [0.1, 0.15) is 5.01 Å². The molecule has 2 aromatic rings. The van der Waals surface area contributed by atoms with E-state index in [1.165, 1.54) is 11.3 Å². The number of benzene rings is 1. The fraction of sp³-hybridized carbons (Fsp3) is 0.375. The van der Waals surface area contributed by atoms with E-state index in [2.05, 4.69) is 34.7 Å². The van der Waals surface area contributed by atoms with E-state index in [-0.39, 0.29) is 11.9 Å². The molecular formula is C16H19N5O2S. The standard InChI is InChI=1S/C16H19N5O2S/c1-10(2)9-13-19-20-15(24-13)18-14(22)11-3-5-12(6-4-11)21-8-7-17-16(21)23/h3-6,10H,7-9H2,1-2H3,(H,17,23)(H,18,20,22). The predicted octanol–water partition coefficient (Wildman–Crippen LogP) is 2.52. The SMILES string of the molecule is CC(C)Cc1nnc(NC(=O)c2ccc(N3CCNC3=O)cc2)s1. The van der Waals surface area contributed by atoms with E-state index in [4.69, 9.17) is 0 Å². The fourth-order valence-corrected chi connectivity index (χ4v) is 3.36. The van der Waals surface area contributed by atoms with Crippen LogP contribution < -0.4 is 15.5 Å². The minimum Gasteiger partial charge on any atom is -0.336 e. The van der Waals surface area contributed by atoms with Gasteiger partial charge in [0, 0.05) is 30.8 Å². The molecule has 24 heavy (non-hydrogen) atoms. The molecule has 0 radical (unpaired) electrons. The molecule has 1 aromatic heterocycles. The summed E-state index contributed by atoms with van der Waals surface area (Å²) < 4.78 is 0. The van der Waals surface area contributed by atoms with Gasteiger partial charge in [-0.25, -0.2) is 4.79 Å². The van der Waals surface area contributed by atoms with Gasteiger partial charge in [0.05, 0.1) is 0 Å². The molecule has 1 fully saturated rings. The van der Waals surface area contributed by atoms with Crippen molar-refractivity contribution in [1.82, 2.24) is 15.5 Å². The van der Waals surface area contributed by atoms with Crippen molar-refractivity contribution >= 4 is 34.1 Å². The second-order valence-corrected chi connectivity index (χ2v) is 7.05. The molecule has 3 amide bonds. The molecule has 0 unspecified atom stereocenters. The van der Waals surface area contributed by atoms with Crippen molar-refractivity contribution in [1.29, 1.82) is 0 Å². The summed E-state index contributed by atoms with van der Waals surface area (Å²) in [6.45, 7) is 5.49. The lowest BCUT2D eigenvalue weighted by Crippen LogP contribution is -2.27. The van der Waals surface area contributed by atoms with Crippen LogP contribution in [0.4, 0.5) is 15.6 Å². The zero-order valence-corrected chi connectivity index (χ0v) is 14.4. The molecule has 7 nitrogen and oxygen atoms in total. The normalized spacial score (nSPS) is 14.1. The molecule has 0 saturated carbocycles. The Morgan fingerprint density at radius 1 is 1.33 bits per heavy atom. The highest BCUT2D eigenvalue weighted by Gasteiger charge is 2.21. The number of hydrogen-bond donors (Lipinski definition) is 2. The number of rotatable bonds is 5. The summed E-state index contributed by atoms with van der Waals surface area (Å²) in [5.41, 5.74) is 1.29. The van der Waals surface area contributed by atoms with Gasteiger partial charge in [-0.15, -0.1) is 10.2 Å². The number of aromatic nitrogens is 2. The zero-order chi connectivity index (χ0) is 17.1. The number of nitrogens with zero attached hydrogens (tertiary/aromatic N) is 3. The molecule has 2 N–H and O–H groups in total. The van der Waals surface area contributed by atoms with Crippen molar-refractivity contribution in [3.63, 3.8) is 0 Å². The smallest absolute Gasteiger partial charge is 0.321 e. The van der Waals surface area contributed by atoms with Crippen LogP contribution >= 0.6 is 11.3 Å². The summed E-state index contributed by atoms with van der Waals surface area (Å²) in [4.78, 5) is 25.6. The lowest BCUT2D eigenvalue weighted by molar-refractivity contribution is 0.102. The Balaban J connectivity index is 1.64.